The van der Waals surface area contributed by atoms with Crippen molar-refractivity contribution < 1.29 is 8.42 Å². The van der Waals surface area contributed by atoms with E-state index in [9.17, 15) is 8.42 Å². The summed E-state index contributed by atoms with van der Waals surface area (Å²) in [5.41, 5.74) is 7.80. The van der Waals surface area contributed by atoms with E-state index in [1.165, 1.54) is 0 Å². The fraction of sp³-hybridized carbons (Fsp3) is 0.200. The van der Waals surface area contributed by atoms with Gasteiger partial charge >= 0.3 is 0 Å². The van der Waals surface area contributed by atoms with Gasteiger partial charge in [0.1, 0.15) is 0 Å². The van der Waals surface area contributed by atoms with Crippen molar-refractivity contribution in [1.29, 1.82) is 0 Å². The first-order valence-electron chi connectivity index (χ1n) is 6.49. The van der Waals surface area contributed by atoms with Gasteiger partial charge in [-0.25, -0.2) is 13.1 Å². The monoisotopic (exact) mass is 324 g/mol. The summed E-state index contributed by atoms with van der Waals surface area (Å²) in [5.74, 6) is 0. The van der Waals surface area contributed by atoms with Crippen LogP contribution in [0.4, 0.5) is 5.69 Å². The molecule has 112 valence electrons. The minimum absolute atomic E-state index is 0.221. The van der Waals surface area contributed by atoms with Gasteiger partial charge in [0.15, 0.2) is 0 Å². The van der Waals surface area contributed by atoms with E-state index < -0.39 is 10.0 Å². The van der Waals surface area contributed by atoms with Gasteiger partial charge in [-0.2, -0.15) is 0 Å². The molecule has 0 fully saturated rings. The van der Waals surface area contributed by atoms with E-state index >= 15 is 0 Å². The van der Waals surface area contributed by atoms with E-state index in [0.717, 1.165) is 5.56 Å². The Morgan fingerprint density at radius 1 is 1.14 bits per heavy atom. The lowest BCUT2D eigenvalue weighted by molar-refractivity contribution is 0.581. The Labute approximate surface area is 130 Å². The number of benzene rings is 2. The van der Waals surface area contributed by atoms with E-state index in [0.29, 0.717) is 29.2 Å². The van der Waals surface area contributed by atoms with Crippen LogP contribution in [-0.4, -0.2) is 15.0 Å². The molecule has 0 aliphatic rings. The lowest BCUT2D eigenvalue weighted by atomic mass is 10.2. The SMILES string of the molecule is Cc1c(N)cccc1S(=O)(=O)NCCc1ccc(Cl)cc1. The molecule has 0 atom stereocenters. The second-order valence-corrected chi connectivity index (χ2v) is 6.92. The third-order valence-electron chi connectivity index (χ3n) is 3.23. The van der Waals surface area contributed by atoms with Crippen LogP contribution in [0.15, 0.2) is 47.4 Å². The van der Waals surface area contributed by atoms with Gasteiger partial charge in [-0.05, 0) is 48.7 Å². The van der Waals surface area contributed by atoms with Crippen molar-refractivity contribution in [1.82, 2.24) is 4.72 Å². The van der Waals surface area contributed by atoms with Crippen LogP contribution in [0.5, 0.6) is 0 Å². The maximum absolute atomic E-state index is 12.3. The predicted octanol–water partition coefficient (Wildman–Crippen LogP) is 2.75. The highest BCUT2D eigenvalue weighted by molar-refractivity contribution is 7.89. The average molecular weight is 325 g/mol. The lowest BCUT2D eigenvalue weighted by Crippen LogP contribution is -2.26. The minimum atomic E-state index is -3.55. The van der Waals surface area contributed by atoms with Crippen molar-refractivity contribution in [3.63, 3.8) is 0 Å². The zero-order valence-electron chi connectivity index (χ0n) is 11.6. The number of halogens is 1. The molecular formula is C15H17ClN2O2S. The van der Waals surface area contributed by atoms with E-state index in [2.05, 4.69) is 4.72 Å². The Bertz CT molecular complexity index is 728. The van der Waals surface area contributed by atoms with Crippen LogP contribution in [-0.2, 0) is 16.4 Å². The van der Waals surface area contributed by atoms with Crippen molar-refractivity contribution in [2.24, 2.45) is 0 Å². The van der Waals surface area contributed by atoms with Crippen LogP contribution in [0.2, 0.25) is 5.02 Å². The van der Waals surface area contributed by atoms with Crippen LogP contribution < -0.4 is 10.5 Å². The topological polar surface area (TPSA) is 72.2 Å². The van der Waals surface area contributed by atoms with E-state index in [-0.39, 0.29) is 4.90 Å². The highest BCUT2D eigenvalue weighted by atomic mass is 35.5. The van der Waals surface area contributed by atoms with Gasteiger partial charge < -0.3 is 5.73 Å². The van der Waals surface area contributed by atoms with Crippen molar-refractivity contribution >= 4 is 27.3 Å². The molecule has 0 aliphatic carbocycles. The highest BCUT2D eigenvalue weighted by Crippen LogP contribution is 2.20. The number of nitrogens with two attached hydrogens (primary N) is 1. The molecule has 0 aliphatic heterocycles. The molecule has 0 radical (unpaired) electrons. The number of nitrogens with one attached hydrogen (secondary N) is 1. The number of hydrogen-bond acceptors (Lipinski definition) is 3. The summed E-state index contributed by atoms with van der Waals surface area (Å²) >= 11 is 5.81. The van der Waals surface area contributed by atoms with Crippen LogP contribution in [0.3, 0.4) is 0 Å². The standard InChI is InChI=1S/C15H17ClN2O2S/c1-11-14(17)3-2-4-15(11)21(19,20)18-10-9-12-5-7-13(16)8-6-12/h2-8,18H,9-10,17H2,1H3. The Balaban J connectivity index is 2.05. The summed E-state index contributed by atoms with van der Waals surface area (Å²) in [6.07, 6.45) is 0.595. The fourth-order valence-electron chi connectivity index (χ4n) is 1.98. The van der Waals surface area contributed by atoms with Crippen LogP contribution in [0, 0.1) is 6.92 Å². The van der Waals surface area contributed by atoms with Crippen LogP contribution in [0.25, 0.3) is 0 Å². The number of anilines is 1. The Hall–Kier alpha value is -1.56. The predicted molar refractivity (Wildman–Crippen MR) is 85.9 cm³/mol. The first-order chi connectivity index (χ1) is 9.90. The van der Waals surface area contributed by atoms with E-state index in [1.54, 1.807) is 37.3 Å². The molecule has 2 rings (SSSR count). The van der Waals surface area contributed by atoms with Crippen molar-refractivity contribution in [2.75, 3.05) is 12.3 Å². The second kappa shape index (κ2) is 6.47. The molecule has 2 aromatic carbocycles. The third kappa shape index (κ3) is 3.97. The summed E-state index contributed by atoms with van der Waals surface area (Å²) in [4.78, 5) is 0.221. The third-order valence-corrected chi connectivity index (χ3v) is 5.09. The van der Waals surface area contributed by atoms with Gasteiger partial charge in [-0.1, -0.05) is 29.8 Å². The number of sulfonamides is 1. The zero-order chi connectivity index (χ0) is 15.5. The van der Waals surface area contributed by atoms with Gasteiger partial charge in [-0.15, -0.1) is 0 Å². The molecule has 0 heterocycles. The quantitative estimate of drug-likeness (QED) is 0.831. The summed E-state index contributed by atoms with van der Waals surface area (Å²) in [6.45, 7) is 2.02. The second-order valence-electron chi connectivity index (χ2n) is 4.74. The van der Waals surface area contributed by atoms with Gasteiger partial charge in [0, 0.05) is 17.3 Å². The molecule has 0 unspecified atom stereocenters. The van der Waals surface area contributed by atoms with Crippen molar-refractivity contribution in [3.05, 3.63) is 58.6 Å². The Kier molecular flexibility index (Phi) is 4.88. The minimum Gasteiger partial charge on any atom is -0.398 e. The Morgan fingerprint density at radius 3 is 2.48 bits per heavy atom. The molecular weight excluding hydrogens is 308 g/mol. The smallest absolute Gasteiger partial charge is 0.240 e. The molecule has 0 amide bonds. The van der Waals surface area contributed by atoms with Crippen LogP contribution >= 0.6 is 11.6 Å². The lowest BCUT2D eigenvalue weighted by Gasteiger charge is -2.10. The molecule has 3 N–H and O–H groups in total. The molecule has 0 saturated carbocycles. The summed E-state index contributed by atoms with van der Waals surface area (Å²) in [6, 6.07) is 12.2. The molecule has 0 spiro atoms. The van der Waals surface area contributed by atoms with Crippen LogP contribution in [0.1, 0.15) is 11.1 Å². The molecule has 21 heavy (non-hydrogen) atoms. The number of nitrogen functional groups attached to an aromatic ring is 1. The van der Waals surface area contributed by atoms with Gasteiger partial charge in [0.25, 0.3) is 0 Å². The highest BCUT2D eigenvalue weighted by Gasteiger charge is 2.17. The van der Waals surface area contributed by atoms with E-state index in [1.807, 2.05) is 12.1 Å². The van der Waals surface area contributed by atoms with E-state index in [4.69, 9.17) is 17.3 Å². The summed E-state index contributed by atoms with van der Waals surface area (Å²) in [5, 5.41) is 0.662. The maximum Gasteiger partial charge on any atom is 0.240 e. The summed E-state index contributed by atoms with van der Waals surface area (Å²) < 4.78 is 27.1. The van der Waals surface area contributed by atoms with Gasteiger partial charge in [0.2, 0.25) is 10.0 Å². The van der Waals surface area contributed by atoms with Crippen molar-refractivity contribution in [2.45, 2.75) is 18.2 Å². The molecule has 0 aromatic heterocycles. The molecule has 6 heteroatoms. The molecule has 0 saturated heterocycles. The first kappa shape index (κ1) is 15.8. The zero-order valence-corrected chi connectivity index (χ0v) is 13.2. The Morgan fingerprint density at radius 2 is 1.81 bits per heavy atom. The average Bonchev–Trinajstić information content (AvgIpc) is 2.44. The normalized spacial score (nSPS) is 11.5. The molecule has 0 bridgehead atoms. The number of hydrogen-bond donors (Lipinski definition) is 2. The maximum atomic E-state index is 12.3. The largest absolute Gasteiger partial charge is 0.398 e. The summed E-state index contributed by atoms with van der Waals surface area (Å²) in [7, 11) is -3.55. The fourth-order valence-corrected chi connectivity index (χ4v) is 3.41. The van der Waals surface area contributed by atoms with Crippen molar-refractivity contribution in [3.8, 4) is 0 Å². The number of rotatable bonds is 5. The van der Waals surface area contributed by atoms with Gasteiger partial charge in [-0.3, -0.25) is 0 Å². The van der Waals surface area contributed by atoms with Gasteiger partial charge in [0.05, 0.1) is 4.90 Å². The molecule has 4 nitrogen and oxygen atoms in total. The molecule has 2 aromatic rings. The first-order valence-corrected chi connectivity index (χ1v) is 8.35.